The summed E-state index contributed by atoms with van der Waals surface area (Å²) in [6.45, 7) is 6.32. The predicted octanol–water partition coefficient (Wildman–Crippen LogP) is 10.5. The summed E-state index contributed by atoms with van der Waals surface area (Å²) >= 11 is 1.61. The molecule has 0 aliphatic carbocycles. The molecule has 0 spiro atoms. The van der Waals surface area contributed by atoms with E-state index in [0.717, 1.165) is 103 Å². The summed E-state index contributed by atoms with van der Waals surface area (Å²) in [6.07, 6.45) is 18.5. The number of ether oxygens (including phenoxy) is 3. The number of phenolic OH excluding ortho intramolecular Hbond substituents is 1. The van der Waals surface area contributed by atoms with Gasteiger partial charge in [0.1, 0.15) is 35.7 Å². The number of morpholine rings is 1. The Morgan fingerprint density at radius 1 is 0.831 bits per heavy atom. The van der Waals surface area contributed by atoms with Gasteiger partial charge >= 0.3 is 5.97 Å². The van der Waals surface area contributed by atoms with Crippen LogP contribution in [0.25, 0.3) is 20.5 Å². The number of hydrogen-bond acceptors (Lipinski definition) is 9. The lowest BCUT2D eigenvalue weighted by atomic mass is 9.98. The van der Waals surface area contributed by atoms with Crippen LogP contribution in [-0.4, -0.2) is 90.9 Å². The zero-order valence-electron chi connectivity index (χ0n) is 35.3. The molecule has 0 saturated carbocycles. The second-order valence-electron chi connectivity index (χ2n) is 16.5. The monoisotopic (exact) mass is 826 g/mol. The van der Waals surface area contributed by atoms with Gasteiger partial charge in [0.05, 0.1) is 20.3 Å². The molecular formula is C49H66N2O7S. The number of rotatable bonds is 26. The van der Waals surface area contributed by atoms with Crippen LogP contribution < -0.4 is 9.47 Å². The number of thiophene rings is 1. The molecule has 6 rings (SSSR count). The van der Waals surface area contributed by atoms with E-state index < -0.39 is 12.0 Å². The fraction of sp³-hybridized carbons (Fsp3) is 0.551. The molecule has 2 aliphatic heterocycles. The Bertz CT molecular complexity index is 1900. The first-order valence-corrected chi connectivity index (χ1v) is 23.1. The van der Waals surface area contributed by atoms with Crippen molar-refractivity contribution in [2.24, 2.45) is 0 Å². The molecule has 2 aliphatic rings. The number of benzene rings is 3. The summed E-state index contributed by atoms with van der Waals surface area (Å²) in [5.74, 6) is 1.47. The second-order valence-corrected chi connectivity index (χ2v) is 17.5. The first-order chi connectivity index (χ1) is 28.9. The Morgan fingerprint density at radius 3 is 2.22 bits per heavy atom. The van der Waals surface area contributed by atoms with E-state index >= 15 is 0 Å². The van der Waals surface area contributed by atoms with Crippen molar-refractivity contribution < 1.29 is 34.0 Å². The SMILES string of the molecule is COc1cc(CCCCCCCCCCCCCCC(=O)Cc2c(-c3ccc(OCCN4CCC[C@H]4C(=O)O)cc3)sc3cc(O)ccc23)ccc1CN1CCOCC1. The van der Waals surface area contributed by atoms with Gasteiger partial charge in [-0.1, -0.05) is 76.3 Å². The number of Topliss-reactive ketones (excluding diaryl/α,β-unsaturated/α-hetero) is 1. The van der Waals surface area contributed by atoms with E-state index in [1.54, 1.807) is 30.6 Å². The first kappa shape index (κ1) is 44.6. The van der Waals surface area contributed by atoms with Crippen molar-refractivity contribution in [1.29, 1.82) is 0 Å². The third-order valence-corrected chi connectivity index (χ3v) is 13.3. The summed E-state index contributed by atoms with van der Waals surface area (Å²) < 4.78 is 18.2. The molecule has 2 fully saturated rings. The maximum absolute atomic E-state index is 13.3. The molecule has 0 radical (unpaired) electrons. The smallest absolute Gasteiger partial charge is 0.320 e. The normalized spacial score (nSPS) is 16.2. The van der Waals surface area contributed by atoms with Crippen molar-refractivity contribution in [3.8, 4) is 27.7 Å². The summed E-state index contributed by atoms with van der Waals surface area (Å²) in [5, 5.41) is 20.6. The molecule has 2 N–H and O–H groups in total. The highest BCUT2D eigenvalue weighted by Crippen LogP contribution is 2.41. The summed E-state index contributed by atoms with van der Waals surface area (Å²) in [4.78, 5) is 30.3. The van der Waals surface area contributed by atoms with Gasteiger partial charge in [0, 0.05) is 54.2 Å². The zero-order valence-corrected chi connectivity index (χ0v) is 36.1. The third kappa shape index (κ3) is 13.8. The maximum atomic E-state index is 13.3. The lowest BCUT2D eigenvalue weighted by Gasteiger charge is -2.27. The number of phenols is 1. The number of carboxylic acid groups (broad SMARTS) is 1. The van der Waals surface area contributed by atoms with Gasteiger partial charge in [-0.05, 0) is 109 Å². The molecule has 10 heteroatoms. The molecule has 3 heterocycles. The molecular weight excluding hydrogens is 761 g/mol. The summed E-state index contributed by atoms with van der Waals surface area (Å²) in [7, 11) is 1.78. The number of aryl methyl sites for hydroxylation is 1. The van der Waals surface area contributed by atoms with Crippen LogP contribution in [0.3, 0.4) is 0 Å². The van der Waals surface area contributed by atoms with Gasteiger partial charge in [0.2, 0.25) is 0 Å². The van der Waals surface area contributed by atoms with Crippen molar-refractivity contribution in [1.82, 2.24) is 9.80 Å². The number of ketones is 1. The number of carboxylic acids is 1. The lowest BCUT2D eigenvalue weighted by Crippen LogP contribution is -2.38. The van der Waals surface area contributed by atoms with Gasteiger partial charge in [-0.2, -0.15) is 0 Å². The number of nitrogens with zero attached hydrogens (tertiary/aromatic N) is 2. The van der Waals surface area contributed by atoms with E-state index in [4.69, 9.17) is 14.2 Å². The molecule has 1 aromatic heterocycles. The fourth-order valence-electron chi connectivity index (χ4n) is 8.68. The van der Waals surface area contributed by atoms with Crippen LogP contribution in [0, 0.1) is 0 Å². The highest BCUT2D eigenvalue weighted by molar-refractivity contribution is 7.22. The van der Waals surface area contributed by atoms with Crippen LogP contribution in [0.5, 0.6) is 17.2 Å². The molecule has 0 bridgehead atoms. The summed E-state index contributed by atoms with van der Waals surface area (Å²) in [6, 6.07) is 19.7. The van der Waals surface area contributed by atoms with Crippen LogP contribution in [0.1, 0.15) is 113 Å². The van der Waals surface area contributed by atoms with E-state index in [-0.39, 0.29) is 11.5 Å². The van der Waals surface area contributed by atoms with Gasteiger partial charge in [0.15, 0.2) is 0 Å². The summed E-state index contributed by atoms with van der Waals surface area (Å²) in [5.41, 5.74) is 4.69. The Balaban J connectivity index is 0.824. The van der Waals surface area contributed by atoms with Gasteiger partial charge in [0.25, 0.3) is 0 Å². The van der Waals surface area contributed by atoms with Crippen molar-refractivity contribution in [2.45, 2.75) is 122 Å². The number of carbonyl (C=O) groups is 2. The lowest BCUT2D eigenvalue weighted by molar-refractivity contribution is -0.142. The van der Waals surface area contributed by atoms with Gasteiger partial charge in [-0.15, -0.1) is 11.3 Å². The molecule has 3 aromatic carbocycles. The predicted molar refractivity (Wildman–Crippen MR) is 238 cm³/mol. The van der Waals surface area contributed by atoms with Gasteiger partial charge in [-0.3, -0.25) is 19.4 Å². The Labute approximate surface area is 355 Å². The largest absolute Gasteiger partial charge is 0.508 e. The number of aromatic hydroxyl groups is 1. The number of carbonyl (C=O) groups excluding carboxylic acids is 1. The minimum Gasteiger partial charge on any atom is -0.508 e. The van der Waals surface area contributed by atoms with Crippen LogP contribution in [-0.2, 0) is 33.7 Å². The topological polar surface area (TPSA) is 109 Å². The fourth-order valence-corrected chi connectivity index (χ4v) is 9.94. The highest BCUT2D eigenvalue weighted by atomic mass is 32.1. The van der Waals surface area contributed by atoms with Crippen LogP contribution in [0.4, 0.5) is 0 Å². The van der Waals surface area contributed by atoms with Crippen LogP contribution in [0.2, 0.25) is 0 Å². The van der Waals surface area contributed by atoms with E-state index in [0.29, 0.717) is 32.4 Å². The van der Waals surface area contributed by atoms with E-state index in [1.165, 1.54) is 75.3 Å². The Morgan fingerprint density at radius 2 is 1.53 bits per heavy atom. The minimum absolute atomic E-state index is 0.223. The van der Waals surface area contributed by atoms with Gasteiger partial charge < -0.3 is 24.4 Å². The molecule has 59 heavy (non-hydrogen) atoms. The minimum atomic E-state index is -0.761. The van der Waals surface area contributed by atoms with E-state index in [9.17, 15) is 19.8 Å². The highest BCUT2D eigenvalue weighted by Gasteiger charge is 2.30. The van der Waals surface area contributed by atoms with Crippen LogP contribution >= 0.6 is 11.3 Å². The molecule has 0 amide bonds. The molecule has 1 atom stereocenters. The average molecular weight is 827 g/mol. The maximum Gasteiger partial charge on any atom is 0.320 e. The molecule has 9 nitrogen and oxygen atoms in total. The van der Waals surface area contributed by atoms with Gasteiger partial charge in [-0.25, -0.2) is 0 Å². The third-order valence-electron chi connectivity index (χ3n) is 12.1. The molecule has 0 unspecified atom stereocenters. The number of unbranched alkanes of at least 4 members (excludes halogenated alkanes) is 11. The Kier molecular flexibility index (Phi) is 17.9. The quantitative estimate of drug-likeness (QED) is 0.0598. The van der Waals surface area contributed by atoms with Crippen molar-refractivity contribution >= 4 is 33.2 Å². The molecule has 2 saturated heterocycles. The number of likely N-dealkylation sites (tertiary alicyclic amines) is 1. The van der Waals surface area contributed by atoms with E-state index in [1.807, 2.05) is 35.2 Å². The Hall–Kier alpha value is -3.96. The number of fused-ring (bicyclic) bond motifs is 1. The standard InChI is InChI=1S/C49H66N2O7S/c1-56-46-33-37(18-19-39(46)36-50-27-30-57-31-28-50)15-12-10-8-6-4-2-3-5-7-9-11-13-16-40(52)34-44-43-25-22-41(53)35-47(43)59-48(44)38-20-23-42(24-21-38)58-32-29-51-26-14-17-45(51)49(54)55/h18-25,33,35,45,53H,2-17,26-32,34,36H2,1H3,(H,54,55)/t45-/m0/s1. The van der Waals surface area contributed by atoms with Crippen molar-refractivity contribution in [3.63, 3.8) is 0 Å². The average Bonchev–Trinajstić information content (AvgIpc) is 3.86. The van der Waals surface area contributed by atoms with Crippen molar-refractivity contribution in [3.05, 3.63) is 77.4 Å². The van der Waals surface area contributed by atoms with Crippen LogP contribution in [0.15, 0.2) is 60.7 Å². The zero-order chi connectivity index (χ0) is 41.2. The van der Waals surface area contributed by atoms with E-state index in [2.05, 4.69) is 23.1 Å². The molecule has 320 valence electrons. The number of aliphatic carboxylic acids is 1. The first-order valence-electron chi connectivity index (χ1n) is 22.3. The molecule has 4 aromatic rings. The van der Waals surface area contributed by atoms with Crippen molar-refractivity contribution in [2.75, 3.05) is 53.1 Å². The number of hydrogen-bond donors (Lipinski definition) is 2. The number of methoxy groups -OCH3 is 1. The second kappa shape index (κ2) is 23.7.